The fourth-order valence-corrected chi connectivity index (χ4v) is 2.93. The van der Waals surface area contributed by atoms with Gasteiger partial charge in [-0.05, 0) is 44.0 Å². The van der Waals surface area contributed by atoms with Crippen molar-refractivity contribution in [1.29, 1.82) is 0 Å². The molecule has 2 rings (SSSR count). The molecule has 0 bridgehead atoms. The molecule has 0 N–H and O–H groups in total. The molecule has 0 amide bonds. The van der Waals surface area contributed by atoms with E-state index in [2.05, 4.69) is 4.40 Å². The molecule has 3 nitrogen and oxygen atoms in total. The molecule has 18 heavy (non-hydrogen) atoms. The minimum absolute atomic E-state index is 0.603. The van der Waals surface area contributed by atoms with Crippen LogP contribution in [0.25, 0.3) is 0 Å². The molecule has 0 saturated heterocycles. The van der Waals surface area contributed by atoms with Gasteiger partial charge < -0.3 is 4.42 Å². The first kappa shape index (κ1) is 12.8. The highest BCUT2D eigenvalue weighted by Crippen LogP contribution is 2.20. The lowest BCUT2D eigenvalue weighted by molar-refractivity contribution is 0.560. The van der Waals surface area contributed by atoms with Gasteiger partial charge in [-0.2, -0.15) is 4.40 Å². The topological polar surface area (TPSA) is 42.6 Å². The summed E-state index contributed by atoms with van der Waals surface area (Å²) in [5.41, 5.74) is 3.17. The number of furan rings is 1. The fourth-order valence-electron chi connectivity index (χ4n) is 1.96. The Morgan fingerprint density at radius 1 is 1.22 bits per heavy atom. The summed E-state index contributed by atoms with van der Waals surface area (Å²) < 4.78 is 21.3. The number of nitrogens with zero attached hydrogens (tertiary/aromatic N) is 1. The maximum atomic E-state index is 12.2. The minimum atomic E-state index is -1.39. The van der Waals surface area contributed by atoms with Crippen LogP contribution in [0.5, 0.6) is 0 Å². The first-order chi connectivity index (χ1) is 8.58. The van der Waals surface area contributed by atoms with Crippen molar-refractivity contribution in [3.05, 3.63) is 53.0 Å². The van der Waals surface area contributed by atoms with E-state index in [1.165, 1.54) is 11.8 Å². The van der Waals surface area contributed by atoms with Crippen molar-refractivity contribution >= 4 is 17.2 Å². The molecule has 0 saturated carbocycles. The number of hydrogen-bond donors (Lipinski definition) is 0. The van der Waals surface area contributed by atoms with Crippen molar-refractivity contribution in [2.45, 2.75) is 25.7 Å². The van der Waals surface area contributed by atoms with Gasteiger partial charge in [-0.25, -0.2) is 4.21 Å². The summed E-state index contributed by atoms with van der Waals surface area (Å²) >= 11 is 0. The SMILES string of the molecule is Cc1cc(C)c([S@](=O)/N=C/c2ccco2)c(C)c1. The van der Waals surface area contributed by atoms with Gasteiger partial charge in [-0.1, -0.05) is 17.7 Å². The van der Waals surface area contributed by atoms with E-state index in [1.807, 2.05) is 32.9 Å². The summed E-state index contributed by atoms with van der Waals surface area (Å²) in [7, 11) is -1.39. The standard InChI is InChI=1S/C14H15NO2S/c1-10-7-11(2)14(12(3)8-10)18(16)15-9-13-5-4-6-17-13/h4-9H,1-3H3/b15-9+/t18-/m0/s1. The predicted molar refractivity (Wildman–Crippen MR) is 73.4 cm³/mol. The van der Waals surface area contributed by atoms with E-state index < -0.39 is 11.0 Å². The molecule has 94 valence electrons. The Morgan fingerprint density at radius 2 is 1.89 bits per heavy atom. The molecule has 0 fully saturated rings. The maximum absolute atomic E-state index is 12.2. The van der Waals surface area contributed by atoms with Crippen molar-refractivity contribution in [2.75, 3.05) is 0 Å². The number of aryl methyl sites for hydroxylation is 3. The fraction of sp³-hybridized carbons (Fsp3) is 0.214. The van der Waals surface area contributed by atoms with Crippen LogP contribution in [0.15, 0.2) is 44.2 Å². The van der Waals surface area contributed by atoms with Crippen LogP contribution in [0.4, 0.5) is 0 Å². The van der Waals surface area contributed by atoms with E-state index in [4.69, 9.17) is 4.42 Å². The van der Waals surface area contributed by atoms with Gasteiger partial charge in [0.25, 0.3) is 0 Å². The monoisotopic (exact) mass is 261 g/mol. The van der Waals surface area contributed by atoms with Crippen molar-refractivity contribution < 1.29 is 8.63 Å². The number of hydrogen-bond acceptors (Lipinski definition) is 2. The Morgan fingerprint density at radius 3 is 2.44 bits per heavy atom. The zero-order chi connectivity index (χ0) is 13.1. The third-order valence-electron chi connectivity index (χ3n) is 2.60. The lowest BCUT2D eigenvalue weighted by Crippen LogP contribution is -1.97. The summed E-state index contributed by atoms with van der Waals surface area (Å²) in [6.07, 6.45) is 3.06. The number of rotatable bonds is 3. The van der Waals surface area contributed by atoms with Gasteiger partial charge in [-0.3, -0.25) is 0 Å². The molecular formula is C14H15NO2S. The summed E-state index contributed by atoms with van der Waals surface area (Å²) in [4.78, 5) is 0.781. The summed E-state index contributed by atoms with van der Waals surface area (Å²) in [5, 5.41) is 0. The molecule has 0 aliphatic rings. The summed E-state index contributed by atoms with van der Waals surface area (Å²) in [5.74, 6) is 0.603. The van der Waals surface area contributed by atoms with Crippen molar-refractivity contribution in [3.63, 3.8) is 0 Å². The van der Waals surface area contributed by atoms with Crippen LogP contribution in [0.3, 0.4) is 0 Å². The Kier molecular flexibility index (Phi) is 3.77. The first-order valence-corrected chi connectivity index (χ1v) is 6.76. The average molecular weight is 261 g/mol. The van der Waals surface area contributed by atoms with E-state index in [0.29, 0.717) is 5.76 Å². The highest BCUT2D eigenvalue weighted by molar-refractivity contribution is 7.84. The zero-order valence-corrected chi connectivity index (χ0v) is 11.5. The van der Waals surface area contributed by atoms with Gasteiger partial charge in [0.1, 0.15) is 5.76 Å². The molecule has 1 aromatic heterocycles. The second kappa shape index (κ2) is 5.31. The summed E-state index contributed by atoms with van der Waals surface area (Å²) in [6.45, 7) is 5.93. The molecule has 1 heterocycles. The third kappa shape index (κ3) is 2.76. The Balaban J connectivity index is 2.30. The van der Waals surface area contributed by atoms with Gasteiger partial charge in [-0.15, -0.1) is 0 Å². The van der Waals surface area contributed by atoms with Crippen LogP contribution in [-0.4, -0.2) is 10.4 Å². The number of benzene rings is 1. The van der Waals surface area contributed by atoms with E-state index in [1.54, 1.807) is 18.4 Å². The lowest BCUT2D eigenvalue weighted by Gasteiger charge is -2.07. The van der Waals surface area contributed by atoms with Crippen LogP contribution in [0, 0.1) is 20.8 Å². The molecular weight excluding hydrogens is 246 g/mol. The molecule has 4 heteroatoms. The summed E-state index contributed by atoms with van der Waals surface area (Å²) in [6, 6.07) is 7.58. The molecule has 2 aromatic rings. The van der Waals surface area contributed by atoms with Crippen LogP contribution >= 0.6 is 0 Å². The van der Waals surface area contributed by atoms with Crippen LogP contribution in [0.2, 0.25) is 0 Å². The second-order valence-electron chi connectivity index (χ2n) is 4.23. The molecule has 1 aromatic carbocycles. The maximum Gasteiger partial charge on any atom is 0.173 e. The molecule has 0 aliphatic carbocycles. The highest BCUT2D eigenvalue weighted by Gasteiger charge is 2.10. The molecule has 0 unspecified atom stereocenters. The Hall–Kier alpha value is -1.68. The first-order valence-electron chi connectivity index (χ1n) is 5.65. The van der Waals surface area contributed by atoms with E-state index in [9.17, 15) is 4.21 Å². The van der Waals surface area contributed by atoms with Crippen LogP contribution in [0.1, 0.15) is 22.5 Å². The normalized spacial score (nSPS) is 13.1. The van der Waals surface area contributed by atoms with E-state index in [-0.39, 0.29) is 0 Å². The van der Waals surface area contributed by atoms with E-state index in [0.717, 1.165) is 16.0 Å². The largest absolute Gasteiger partial charge is 0.463 e. The van der Waals surface area contributed by atoms with Crippen LogP contribution < -0.4 is 0 Å². The van der Waals surface area contributed by atoms with Gasteiger partial charge in [0.2, 0.25) is 0 Å². The van der Waals surface area contributed by atoms with E-state index >= 15 is 0 Å². The second-order valence-corrected chi connectivity index (χ2v) is 5.34. The van der Waals surface area contributed by atoms with Gasteiger partial charge in [0.15, 0.2) is 11.0 Å². The van der Waals surface area contributed by atoms with Crippen molar-refractivity contribution in [2.24, 2.45) is 4.40 Å². The van der Waals surface area contributed by atoms with Gasteiger partial charge >= 0.3 is 0 Å². The molecule has 0 aliphatic heterocycles. The predicted octanol–water partition coefficient (Wildman–Crippen LogP) is 3.35. The Bertz CT molecular complexity index is 577. The average Bonchev–Trinajstić information content (AvgIpc) is 2.77. The smallest absolute Gasteiger partial charge is 0.173 e. The van der Waals surface area contributed by atoms with Crippen LogP contribution in [-0.2, 0) is 11.0 Å². The zero-order valence-electron chi connectivity index (χ0n) is 10.6. The Labute approximate surface area is 109 Å². The van der Waals surface area contributed by atoms with Crippen molar-refractivity contribution in [1.82, 2.24) is 0 Å². The lowest BCUT2D eigenvalue weighted by atomic mass is 10.1. The molecule has 1 atom stereocenters. The van der Waals surface area contributed by atoms with Gasteiger partial charge in [0, 0.05) is 0 Å². The quantitative estimate of drug-likeness (QED) is 0.795. The van der Waals surface area contributed by atoms with Crippen molar-refractivity contribution in [3.8, 4) is 0 Å². The molecule has 0 radical (unpaired) electrons. The third-order valence-corrected chi connectivity index (χ3v) is 3.89. The highest BCUT2D eigenvalue weighted by atomic mass is 32.2. The van der Waals surface area contributed by atoms with Gasteiger partial charge in [0.05, 0.1) is 17.4 Å². The molecule has 0 spiro atoms. The minimum Gasteiger partial charge on any atom is -0.463 e.